The zero-order valence-electron chi connectivity index (χ0n) is 10.3. The van der Waals surface area contributed by atoms with Crippen molar-refractivity contribution in [3.63, 3.8) is 0 Å². The number of nitrogens with one attached hydrogen (secondary N) is 1. The standard InChI is InChI=1S/C12H11F2NO5/c1-12(13,14)5-15-9(16)7-3-2-6(10(17)18)4-8(7)11(19)20/h2-4H,5H2,1H3,(H,15,16)(H,17,18)(H,19,20). The number of carbonyl (C=O) groups excluding carboxylic acids is 1. The average Bonchev–Trinajstić information content (AvgIpc) is 2.34. The molecule has 0 aliphatic heterocycles. The van der Waals surface area contributed by atoms with Gasteiger partial charge in [0, 0.05) is 6.92 Å². The Morgan fingerprint density at radius 1 is 1.15 bits per heavy atom. The van der Waals surface area contributed by atoms with E-state index in [2.05, 4.69) is 0 Å². The van der Waals surface area contributed by atoms with Crippen molar-refractivity contribution in [2.24, 2.45) is 0 Å². The van der Waals surface area contributed by atoms with Gasteiger partial charge in [-0.15, -0.1) is 0 Å². The van der Waals surface area contributed by atoms with Crippen molar-refractivity contribution in [2.45, 2.75) is 12.8 Å². The third-order valence-electron chi connectivity index (χ3n) is 2.30. The van der Waals surface area contributed by atoms with Gasteiger partial charge in [0.05, 0.1) is 23.2 Å². The van der Waals surface area contributed by atoms with Gasteiger partial charge in [-0.1, -0.05) is 0 Å². The first-order valence-electron chi connectivity index (χ1n) is 5.38. The van der Waals surface area contributed by atoms with Gasteiger partial charge < -0.3 is 15.5 Å². The Hall–Kier alpha value is -2.51. The molecule has 0 aromatic heterocycles. The van der Waals surface area contributed by atoms with Gasteiger partial charge in [0.2, 0.25) is 0 Å². The first-order chi connectivity index (χ1) is 9.11. The Balaban J connectivity index is 3.08. The zero-order chi connectivity index (χ0) is 15.5. The van der Waals surface area contributed by atoms with Gasteiger partial charge >= 0.3 is 11.9 Å². The van der Waals surface area contributed by atoms with Crippen LogP contribution in [0.2, 0.25) is 0 Å². The number of halogens is 2. The molecule has 0 atom stereocenters. The molecular formula is C12H11F2NO5. The number of aromatic carboxylic acids is 2. The number of benzene rings is 1. The maximum Gasteiger partial charge on any atom is 0.336 e. The van der Waals surface area contributed by atoms with Crippen molar-refractivity contribution < 1.29 is 33.4 Å². The first-order valence-corrected chi connectivity index (χ1v) is 5.38. The van der Waals surface area contributed by atoms with Gasteiger partial charge in [0.15, 0.2) is 0 Å². The van der Waals surface area contributed by atoms with E-state index in [0.717, 1.165) is 18.2 Å². The fourth-order valence-electron chi connectivity index (χ4n) is 1.38. The summed E-state index contributed by atoms with van der Waals surface area (Å²) in [5.74, 6) is -7.04. The molecule has 0 saturated heterocycles. The topological polar surface area (TPSA) is 104 Å². The van der Waals surface area contributed by atoms with Crippen LogP contribution in [0.4, 0.5) is 8.78 Å². The fraction of sp³-hybridized carbons (Fsp3) is 0.250. The lowest BCUT2D eigenvalue weighted by Gasteiger charge is -2.12. The van der Waals surface area contributed by atoms with Crippen molar-refractivity contribution >= 4 is 17.8 Å². The summed E-state index contributed by atoms with van der Waals surface area (Å²) in [4.78, 5) is 33.3. The minimum absolute atomic E-state index is 0.320. The van der Waals surface area contributed by atoms with E-state index in [4.69, 9.17) is 10.2 Å². The third kappa shape index (κ3) is 4.01. The molecule has 8 heteroatoms. The molecular weight excluding hydrogens is 276 g/mol. The lowest BCUT2D eigenvalue weighted by Crippen LogP contribution is -2.35. The Labute approximate surface area is 112 Å². The lowest BCUT2D eigenvalue weighted by molar-refractivity contribution is 0.0221. The molecule has 0 aliphatic carbocycles. The van der Waals surface area contributed by atoms with Gasteiger partial charge in [-0.05, 0) is 18.2 Å². The molecule has 0 aliphatic rings. The van der Waals surface area contributed by atoms with Crippen LogP contribution in [0.5, 0.6) is 0 Å². The minimum Gasteiger partial charge on any atom is -0.478 e. The summed E-state index contributed by atoms with van der Waals surface area (Å²) in [7, 11) is 0. The number of alkyl halides is 2. The third-order valence-corrected chi connectivity index (χ3v) is 2.30. The quantitative estimate of drug-likeness (QED) is 0.760. The molecule has 1 aromatic carbocycles. The Morgan fingerprint density at radius 2 is 1.75 bits per heavy atom. The number of rotatable bonds is 5. The number of hydrogen-bond acceptors (Lipinski definition) is 3. The predicted octanol–water partition coefficient (Wildman–Crippen LogP) is 1.47. The Morgan fingerprint density at radius 3 is 2.20 bits per heavy atom. The van der Waals surface area contributed by atoms with Crippen LogP contribution in [0, 0.1) is 0 Å². The monoisotopic (exact) mass is 287 g/mol. The summed E-state index contributed by atoms with van der Waals surface area (Å²) in [5.41, 5.74) is -1.27. The van der Waals surface area contributed by atoms with E-state index in [9.17, 15) is 23.2 Å². The second-order valence-corrected chi connectivity index (χ2v) is 4.12. The molecule has 108 valence electrons. The van der Waals surface area contributed by atoms with E-state index >= 15 is 0 Å². The van der Waals surface area contributed by atoms with Crippen LogP contribution in [0.1, 0.15) is 38.0 Å². The van der Waals surface area contributed by atoms with Crippen LogP contribution in [0.25, 0.3) is 0 Å². The van der Waals surface area contributed by atoms with Crippen molar-refractivity contribution in [3.8, 4) is 0 Å². The lowest BCUT2D eigenvalue weighted by atomic mass is 10.0. The van der Waals surface area contributed by atoms with Crippen LogP contribution in [-0.4, -0.2) is 40.5 Å². The molecule has 1 rings (SSSR count). The van der Waals surface area contributed by atoms with E-state index in [1.54, 1.807) is 0 Å². The van der Waals surface area contributed by atoms with Crippen LogP contribution >= 0.6 is 0 Å². The van der Waals surface area contributed by atoms with E-state index in [1.165, 1.54) is 0 Å². The maximum absolute atomic E-state index is 12.6. The molecule has 1 aromatic rings. The fourth-order valence-corrected chi connectivity index (χ4v) is 1.38. The summed E-state index contributed by atoms with van der Waals surface area (Å²) in [5, 5.41) is 19.5. The normalized spacial score (nSPS) is 10.9. The van der Waals surface area contributed by atoms with E-state index in [1.807, 2.05) is 5.32 Å². The number of amides is 1. The SMILES string of the molecule is CC(F)(F)CNC(=O)c1ccc(C(=O)O)cc1C(=O)O. The van der Waals surface area contributed by atoms with Gasteiger partial charge in [0.1, 0.15) is 0 Å². The van der Waals surface area contributed by atoms with Gasteiger partial charge in [0.25, 0.3) is 11.8 Å². The minimum atomic E-state index is -3.14. The van der Waals surface area contributed by atoms with E-state index < -0.39 is 35.9 Å². The molecule has 0 saturated carbocycles. The van der Waals surface area contributed by atoms with Crippen LogP contribution in [-0.2, 0) is 0 Å². The van der Waals surface area contributed by atoms with Gasteiger partial charge in [-0.25, -0.2) is 18.4 Å². The highest BCUT2D eigenvalue weighted by atomic mass is 19.3. The van der Waals surface area contributed by atoms with Gasteiger partial charge in [-0.2, -0.15) is 0 Å². The molecule has 1 amide bonds. The molecule has 6 nitrogen and oxygen atoms in total. The van der Waals surface area contributed by atoms with E-state index in [0.29, 0.717) is 6.92 Å². The summed E-state index contributed by atoms with van der Waals surface area (Å²) < 4.78 is 25.2. The second-order valence-electron chi connectivity index (χ2n) is 4.12. The van der Waals surface area contributed by atoms with Crippen LogP contribution in [0.15, 0.2) is 18.2 Å². The number of carboxylic acids is 2. The highest BCUT2D eigenvalue weighted by molar-refractivity contribution is 6.06. The number of carboxylic acid groups (broad SMARTS) is 2. The Bertz CT molecular complexity index is 565. The van der Waals surface area contributed by atoms with Crippen molar-refractivity contribution in [1.29, 1.82) is 0 Å². The largest absolute Gasteiger partial charge is 0.478 e. The summed E-state index contributed by atoms with van der Waals surface area (Å²) in [6.45, 7) is -0.357. The van der Waals surface area contributed by atoms with Crippen LogP contribution in [0.3, 0.4) is 0 Å². The smallest absolute Gasteiger partial charge is 0.336 e. The first kappa shape index (κ1) is 15.5. The van der Waals surface area contributed by atoms with Crippen molar-refractivity contribution in [2.75, 3.05) is 6.54 Å². The molecule has 20 heavy (non-hydrogen) atoms. The van der Waals surface area contributed by atoms with Crippen LogP contribution < -0.4 is 5.32 Å². The number of carbonyl (C=O) groups is 3. The highest BCUT2D eigenvalue weighted by Crippen LogP contribution is 2.14. The summed E-state index contributed by atoms with van der Waals surface area (Å²) >= 11 is 0. The Kier molecular flexibility index (Phi) is 4.38. The average molecular weight is 287 g/mol. The highest BCUT2D eigenvalue weighted by Gasteiger charge is 2.24. The van der Waals surface area contributed by atoms with E-state index in [-0.39, 0.29) is 11.1 Å². The summed E-state index contributed by atoms with van der Waals surface area (Å²) in [6.07, 6.45) is 0. The molecule has 3 N–H and O–H groups in total. The zero-order valence-corrected chi connectivity index (χ0v) is 10.3. The molecule has 0 radical (unpaired) electrons. The molecule has 0 bridgehead atoms. The number of hydrogen-bond donors (Lipinski definition) is 3. The molecule has 0 spiro atoms. The molecule has 0 heterocycles. The molecule has 0 unspecified atom stereocenters. The van der Waals surface area contributed by atoms with Crippen molar-refractivity contribution in [1.82, 2.24) is 5.32 Å². The van der Waals surface area contributed by atoms with Gasteiger partial charge in [-0.3, -0.25) is 4.79 Å². The second kappa shape index (κ2) is 5.64. The summed E-state index contributed by atoms with van der Waals surface area (Å²) in [6, 6.07) is 2.79. The predicted molar refractivity (Wildman–Crippen MR) is 63.3 cm³/mol. The van der Waals surface area contributed by atoms with Crippen molar-refractivity contribution in [3.05, 3.63) is 34.9 Å². The maximum atomic E-state index is 12.6. The molecule has 0 fully saturated rings.